The summed E-state index contributed by atoms with van der Waals surface area (Å²) in [7, 11) is 0. The van der Waals surface area contributed by atoms with Crippen LogP contribution in [0.2, 0.25) is 5.02 Å². The molecule has 1 heterocycles. The van der Waals surface area contributed by atoms with Crippen molar-refractivity contribution in [2.75, 3.05) is 26.3 Å². The van der Waals surface area contributed by atoms with E-state index in [1.54, 1.807) is 16.8 Å². The SMILES string of the molecule is CCn1cc(Cl)cc1C(=O)N(CCO)CCO. The Morgan fingerprint density at radius 3 is 2.47 bits per heavy atom. The lowest BCUT2D eigenvalue weighted by atomic mass is 10.3. The van der Waals surface area contributed by atoms with Crippen molar-refractivity contribution in [1.29, 1.82) is 0 Å². The van der Waals surface area contributed by atoms with Crippen molar-refractivity contribution in [3.8, 4) is 0 Å². The Bertz CT molecular complexity index is 373. The first-order chi connectivity index (χ1) is 8.13. The Hall–Kier alpha value is -1.04. The molecule has 0 aromatic carbocycles. The highest BCUT2D eigenvalue weighted by atomic mass is 35.5. The van der Waals surface area contributed by atoms with Gasteiger partial charge >= 0.3 is 0 Å². The fourth-order valence-corrected chi connectivity index (χ4v) is 1.85. The molecule has 2 N–H and O–H groups in total. The van der Waals surface area contributed by atoms with Gasteiger partial charge in [0.2, 0.25) is 0 Å². The Morgan fingerprint density at radius 1 is 1.41 bits per heavy atom. The molecule has 0 bridgehead atoms. The molecule has 0 saturated heterocycles. The molecule has 17 heavy (non-hydrogen) atoms. The Kier molecular flexibility index (Phi) is 5.47. The quantitative estimate of drug-likeness (QED) is 0.787. The highest BCUT2D eigenvalue weighted by Gasteiger charge is 2.18. The number of aliphatic hydroxyl groups excluding tert-OH is 2. The van der Waals surface area contributed by atoms with Crippen molar-refractivity contribution in [2.45, 2.75) is 13.5 Å². The molecule has 5 nitrogen and oxygen atoms in total. The number of carbonyl (C=O) groups excluding carboxylic acids is 1. The van der Waals surface area contributed by atoms with E-state index in [0.717, 1.165) is 0 Å². The molecule has 0 saturated carbocycles. The smallest absolute Gasteiger partial charge is 0.270 e. The van der Waals surface area contributed by atoms with Crippen LogP contribution in [0.4, 0.5) is 0 Å². The van der Waals surface area contributed by atoms with Gasteiger partial charge in [-0.05, 0) is 13.0 Å². The van der Waals surface area contributed by atoms with Crippen LogP contribution in [0, 0.1) is 0 Å². The number of carbonyl (C=O) groups is 1. The minimum Gasteiger partial charge on any atom is -0.395 e. The molecule has 0 aliphatic rings. The Balaban J connectivity index is 2.91. The van der Waals surface area contributed by atoms with Crippen molar-refractivity contribution in [1.82, 2.24) is 9.47 Å². The second-order valence-corrected chi connectivity index (χ2v) is 4.01. The summed E-state index contributed by atoms with van der Waals surface area (Å²) in [6.07, 6.45) is 1.69. The maximum absolute atomic E-state index is 12.1. The highest BCUT2D eigenvalue weighted by molar-refractivity contribution is 6.31. The first kappa shape index (κ1) is 14.0. The second-order valence-electron chi connectivity index (χ2n) is 3.57. The molecule has 0 fully saturated rings. The molecule has 0 aliphatic carbocycles. The molecule has 0 atom stereocenters. The van der Waals surface area contributed by atoms with Crippen molar-refractivity contribution in [2.24, 2.45) is 0 Å². The van der Waals surface area contributed by atoms with Gasteiger partial charge in [-0.1, -0.05) is 11.6 Å². The highest BCUT2D eigenvalue weighted by Crippen LogP contribution is 2.16. The number of nitrogens with zero attached hydrogens (tertiary/aromatic N) is 2. The van der Waals surface area contributed by atoms with Crippen LogP contribution in [0.15, 0.2) is 12.3 Å². The normalized spacial score (nSPS) is 10.6. The van der Waals surface area contributed by atoms with Crippen molar-refractivity contribution in [3.63, 3.8) is 0 Å². The van der Waals surface area contributed by atoms with Crippen LogP contribution < -0.4 is 0 Å². The van der Waals surface area contributed by atoms with Crippen molar-refractivity contribution >= 4 is 17.5 Å². The number of amides is 1. The standard InChI is InChI=1S/C11H17ClN2O3/c1-2-13-8-9(12)7-10(13)11(17)14(3-5-15)4-6-16/h7-8,15-16H,2-6H2,1H3. The fraction of sp³-hybridized carbons (Fsp3) is 0.545. The fourth-order valence-electron chi connectivity index (χ4n) is 1.63. The van der Waals surface area contributed by atoms with Gasteiger partial charge in [0.25, 0.3) is 5.91 Å². The summed E-state index contributed by atoms with van der Waals surface area (Å²) in [6, 6.07) is 1.59. The maximum atomic E-state index is 12.1. The molecule has 1 rings (SSSR count). The van der Waals surface area contributed by atoms with E-state index < -0.39 is 0 Å². The molecule has 96 valence electrons. The molecule has 1 aromatic rings. The largest absolute Gasteiger partial charge is 0.395 e. The van der Waals surface area contributed by atoms with Crippen LogP contribution in [-0.4, -0.2) is 51.9 Å². The minimum absolute atomic E-state index is 0.133. The van der Waals surface area contributed by atoms with E-state index >= 15 is 0 Å². The Labute approximate surface area is 105 Å². The molecule has 0 spiro atoms. The van der Waals surface area contributed by atoms with Gasteiger partial charge < -0.3 is 19.7 Å². The number of hydrogen-bond acceptors (Lipinski definition) is 3. The minimum atomic E-state index is -0.234. The summed E-state index contributed by atoms with van der Waals surface area (Å²) < 4.78 is 1.74. The van der Waals surface area contributed by atoms with Crippen LogP contribution in [0.5, 0.6) is 0 Å². The van der Waals surface area contributed by atoms with Crippen LogP contribution in [0.25, 0.3) is 0 Å². The first-order valence-corrected chi connectivity index (χ1v) is 5.88. The predicted octanol–water partition coefficient (Wildman–Crippen LogP) is 0.588. The average molecular weight is 261 g/mol. The zero-order valence-electron chi connectivity index (χ0n) is 9.77. The number of hydrogen-bond donors (Lipinski definition) is 2. The molecule has 1 aromatic heterocycles. The molecular weight excluding hydrogens is 244 g/mol. The molecule has 0 aliphatic heterocycles. The van der Waals surface area contributed by atoms with E-state index in [9.17, 15) is 4.79 Å². The topological polar surface area (TPSA) is 65.7 Å². The van der Waals surface area contributed by atoms with E-state index in [4.69, 9.17) is 21.8 Å². The third-order valence-electron chi connectivity index (χ3n) is 2.45. The number of rotatable bonds is 6. The van der Waals surface area contributed by atoms with Crippen LogP contribution in [0.3, 0.4) is 0 Å². The van der Waals surface area contributed by atoms with Gasteiger partial charge in [-0.15, -0.1) is 0 Å². The zero-order valence-corrected chi connectivity index (χ0v) is 10.5. The third kappa shape index (κ3) is 3.46. The number of aliphatic hydroxyl groups is 2. The van der Waals surface area contributed by atoms with Gasteiger partial charge in [-0.2, -0.15) is 0 Å². The number of halogens is 1. The van der Waals surface area contributed by atoms with Gasteiger partial charge in [0, 0.05) is 25.8 Å². The van der Waals surface area contributed by atoms with E-state index in [1.165, 1.54) is 4.90 Å². The summed E-state index contributed by atoms with van der Waals surface area (Å²) in [5.41, 5.74) is 0.472. The number of aromatic nitrogens is 1. The molecule has 6 heteroatoms. The van der Waals surface area contributed by atoms with E-state index in [-0.39, 0.29) is 32.2 Å². The maximum Gasteiger partial charge on any atom is 0.270 e. The van der Waals surface area contributed by atoms with Gasteiger partial charge in [0.05, 0.1) is 18.2 Å². The third-order valence-corrected chi connectivity index (χ3v) is 2.66. The first-order valence-electron chi connectivity index (χ1n) is 5.50. The molecule has 1 amide bonds. The van der Waals surface area contributed by atoms with E-state index in [0.29, 0.717) is 17.3 Å². The monoisotopic (exact) mass is 260 g/mol. The van der Waals surface area contributed by atoms with Crippen molar-refractivity contribution < 1.29 is 15.0 Å². The summed E-state index contributed by atoms with van der Waals surface area (Å²) in [5, 5.41) is 18.3. The lowest BCUT2D eigenvalue weighted by Crippen LogP contribution is -2.36. The molecular formula is C11H17ClN2O3. The van der Waals surface area contributed by atoms with Gasteiger partial charge in [0.15, 0.2) is 0 Å². The lowest BCUT2D eigenvalue weighted by molar-refractivity contribution is 0.0674. The summed E-state index contributed by atoms with van der Waals surface area (Å²) in [5.74, 6) is -0.234. The van der Waals surface area contributed by atoms with Crippen LogP contribution >= 0.6 is 11.6 Å². The van der Waals surface area contributed by atoms with Gasteiger partial charge in [0.1, 0.15) is 5.69 Å². The average Bonchev–Trinajstić information content (AvgIpc) is 2.69. The lowest BCUT2D eigenvalue weighted by Gasteiger charge is -2.21. The van der Waals surface area contributed by atoms with E-state index in [2.05, 4.69) is 0 Å². The molecule has 0 unspecified atom stereocenters. The second kappa shape index (κ2) is 6.64. The van der Waals surface area contributed by atoms with Crippen LogP contribution in [0.1, 0.15) is 17.4 Å². The zero-order chi connectivity index (χ0) is 12.8. The van der Waals surface area contributed by atoms with Gasteiger partial charge in [-0.3, -0.25) is 4.79 Å². The summed E-state index contributed by atoms with van der Waals surface area (Å²) in [6.45, 7) is 2.69. The Morgan fingerprint density at radius 2 is 2.00 bits per heavy atom. The van der Waals surface area contributed by atoms with Gasteiger partial charge in [-0.25, -0.2) is 0 Å². The number of aryl methyl sites for hydroxylation is 1. The van der Waals surface area contributed by atoms with Crippen molar-refractivity contribution in [3.05, 3.63) is 23.0 Å². The molecule has 0 radical (unpaired) electrons. The summed E-state index contributed by atoms with van der Waals surface area (Å²) in [4.78, 5) is 13.5. The van der Waals surface area contributed by atoms with E-state index in [1.807, 2.05) is 6.92 Å². The predicted molar refractivity (Wildman–Crippen MR) is 65.2 cm³/mol. The summed E-state index contributed by atoms with van der Waals surface area (Å²) >= 11 is 5.86. The van der Waals surface area contributed by atoms with Crippen LogP contribution in [-0.2, 0) is 6.54 Å².